The van der Waals surface area contributed by atoms with E-state index in [0.29, 0.717) is 59.1 Å². The maximum absolute atomic E-state index is 12.7. The van der Waals surface area contributed by atoms with Crippen LogP contribution in [0.5, 0.6) is 11.5 Å². The molecule has 0 aliphatic carbocycles. The molecule has 2 amide bonds. The summed E-state index contributed by atoms with van der Waals surface area (Å²) in [6.07, 6.45) is 6.17. The van der Waals surface area contributed by atoms with Crippen molar-refractivity contribution in [2.24, 2.45) is 0 Å². The summed E-state index contributed by atoms with van der Waals surface area (Å²) < 4.78 is 15.1. The fourth-order valence-corrected chi connectivity index (χ4v) is 6.94. The topological polar surface area (TPSA) is 120 Å². The van der Waals surface area contributed by atoms with Crippen LogP contribution < -0.4 is 19.3 Å². The maximum Gasteiger partial charge on any atom is 0.265 e. The van der Waals surface area contributed by atoms with Gasteiger partial charge in [0, 0.05) is 35.3 Å². The van der Waals surface area contributed by atoms with Gasteiger partial charge in [-0.1, -0.05) is 71.7 Å². The first-order valence-corrected chi connectivity index (χ1v) is 16.6. The zero-order valence-electron chi connectivity index (χ0n) is 26.4. The number of hydrogen-bond acceptors (Lipinski definition) is 8. The number of anilines is 2. The molecular weight excluding hydrogens is 679 g/mol. The van der Waals surface area contributed by atoms with E-state index in [-0.39, 0.29) is 25.0 Å². The molecule has 0 fully saturated rings. The maximum atomic E-state index is 12.7. The number of amides is 2. The third-order valence-corrected chi connectivity index (χ3v) is 9.57. The minimum atomic E-state index is -0.126. The molecule has 0 saturated heterocycles. The van der Waals surface area contributed by atoms with Crippen molar-refractivity contribution in [1.29, 1.82) is 0 Å². The molecule has 2 aliphatic heterocycles. The molecule has 2 aromatic heterocycles. The molecule has 0 spiro atoms. The number of nitrogens with zero attached hydrogens (tertiary/aromatic N) is 8. The van der Waals surface area contributed by atoms with Crippen LogP contribution in [0.2, 0.25) is 10.0 Å². The minimum Gasteiger partial charge on any atom is -0.482 e. The first-order valence-electron chi connectivity index (χ1n) is 15.8. The first kappa shape index (κ1) is 31.5. The smallest absolute Gasteiger partial charge is 0.265 e. The Hall–Kier alpha value is -5.72. The van der Waals surface area contributed by atoms with E-state index in [1.54, 1.807) is 31.8 Å². The van der Waals surface area contributed by atoms with Crippen LogP contribution in [-0.2, 0) is 22.7 Å². The number of ether oxygens (including phenoxy) is 2. The molecule has 50 heavy (non-hydrogen) atoms. The average molecular weight is 708 g/mol. The molecule has 4 heterocycles. The lowest BCUT2D eigenvalue weighted by molar-refractivity contribution is -0.122. The molecule has 250 valence electrons. The molecule has 0 saturated carbocycles. The lowest BCUT2D eigenvalue weighted by Gasteiger charge is -2.30. The molecule has 0 radical (unpaired) electrons. The lowest BCUT2D eigenvalue weighted by Crippen LogP contribution is -2.40. The Labute approximate surface area is 296 Å². The third kappa shape index (κ3) is 5.92. The van der Waals surface area contributed by atoms with Crippen LogP contribution in [0.4, 0.5) is 11.4 Å². The highest BCUT2D eigenvalue weighted by molar-refractivity contribution is 6.39. The number of rotatable bonds is 9. The van der Waals surface area contributed by atoms with Gasteiger partial charge in [0.25, 0.3) is 11.8 Å². The standard InChI is InChI=1S/C36H28Cl2N8O4/c37-35-25(23-7-9-29-31(15-23)49-17-33(47)45(29)13-11-43-21-39-19-41-43)3-1-5-27(35)28-6-2-4-26(36(28)38)24-8-10-30-32(16-24)50-18-34(48)46(30)14-12-44-22-40-20-42-44/h1-10,15-16,19-22H,11-14,17-18H2. The van der Waals surface area contributed by atoms with E-state index in [9.17, 15) is 9.59 Å². The Bertz CT molecular complexity index is 2070. The van der Waals surface area contributed by atoms with Gasteiger partial charge in [-0.05, 0) is 35.4 Å². The van der Waals surface area contributed by atoms with Gasteiger partial charge in [-0.3, -0.25) is 19.0 Å². The summed E-state index contributed by atoms with van der Waals surface area (Å²) in [5.41, 5.74) is 6.15. The second-order valence-electron chi connectivity index (χ2n) is 11.7. The van der Waals surface area contributed by atoms with Crippen molar-refractivity contribution >= 4 is 46.4 Å². The highest BCUT2D eigenvalue weighted by Crippen LogP contribution is 2.45. The van der Waals surface area contributed by atoms with Gasteiger partial charge in [0.1, 0.15) is 36.8 Å². The zero-order chi connectivity index (χ0) is 34.2. The number of carbonyl (C=O) groups is 2. The van der Waals surface area contributed by atoms with Crippen LogP contribution in [-0.4, -0.2) is 67.6 Å². The molecule has 0 bridgehead atoms. The van der Waals surface area contributed by atoms with Crippen molar-refractivity contribution in [3.05, 3.63) is 108 Å². The number of benzene rings is 4. The molecule has 2 aliphatic rings. The lowest BCUT2D eigenvalue weighted by atomic mass is 9.95. The normalized spacial score (nSPS) is 13.9. The zero-order valence-corrected chi connectivity index (χ0v) is 28.0. The molecule has 8 rings (SSSR count). The monoisotopic (exact) mass is 706 g/mol. The van der Waals surface area contributed by atoms with E-state index in [2.05, 4.69) is 20.2 Å². The Kier molecular flexibility index (Phi) is 8.39. The highest BCUT2D eigenvalue weighted by atomic mass is 35.5. The van der Waals surface area contributed by atoms with E-state index in [1.807, 2.05) is 72.8 Å². The van der Waals surface area contributed by atoms with Crippen molar-refractivity contribution in [2.45, 2.75) is 13.1 Å². The van der Waals surface area contributed by atoms with Crippen molar-refractivity contribution in [1.82, 2.24) is 29.5 Å². The van der Waals surface area contributed by atoms with Crippen LogP contribution in [0.15, 0.2) is 98.1 Å². The second-order valence-corrected chi connectivity index (χ2v) is 12.4. The number of halogens is 2. The van der Waals surface area contributed by atoms with E-state index in [4.69, 9.17) is 32.7 Å². The van der Waals surface area contributed by atoms with Gasteiger partial charge in [-0.2, -0.15) is 10.2 Å². The van der Waals surface area contributed by atoms with Gasteiger partial charge in [0.15, 0.2) is 13.2 Å². The van der Waals surface area contributed by atoms with E-state index in [1.165, 1.54) is 12.7 Å². The predicted molar refractivity (Wildman–Crippen MR) is 189 cm³/mol. The number of fused-ring (bicyclic) bond motifs is 2. The van der Waals surface area contributed by atoms with Crippen molar-refractivity contribution in [2.75, 3.05) is 36.1 Å². The summed E-state index contributed by atoms with van der Waals surface area (Å²) in [6.45, 7) is 1.74. The van der Waals surface area contributed by atoms with Gasteiger partial charge >= 0.3 is 0 Å². The van der Waals surface area contributed by atoms with Crippen LogP contribution >= 0.6 is 23.2 Å². The molecule has 6 aromatic rings. The number of carbonyl (C=O) groups excluding carboxylic acids is 2. The van der Waals surface area contributed by atoms with E-state index >= 15 is 0 Å². The Morgan fingerprint density at radius 3 is 1.44 bits per heavy atom. The van der Waals surface area contributed by atoms with Gasteiger partial charge in [-0.25, -0.2) is 9.97 Å². The van der Waals surface area contributed by atoms with Crippen LogP contribution in [0.25, 0.3) is 33.4 Å². The molecular formula is C36H28Cl2N8O4. The van der Waals surface area contributed by atoms with Crippen molar-refractivity contribution in [3.8, 4) is 44.9 Å². The Morgan fingerprint density at radius 1 is 0.580 bits per heavy atom. The fourth-order valence-electron chi connectivity index (χ4n) is 6.26. The van der Waals surface area contributed by atoms with Crippen LogP contribution in [0, 0.1) is 0 Å². The van der Waals surface area contributed by atoms with E-state index in [0.717, 1.165) is 33.4 Å². The largest absolute Gasteiger partial charge is 0.482 e. The molecule has 4 aromatic carbocycles. The summed E-state index contributed by atoms with van der Waals surface area (Å²) in [5, 5.41) is 9.31. The SMILES string of the molecule is O=C1COc2cc(-c3cccc(-c4cccc(-c5ccc6c(c5)OCC(=O)N6CCn5cncn5)c4Cl)c3Cl)ccc2N1CCn1cncn1. The molecule has 0 atom stereocenters. The average Bonchev–Trinajstić information content (AvgIpc) is 3.86. The quantitative estimate of drug-likeness (QED) is 0.179. The molecule has 12 nitrogen and oxygen atoms in total. The van der Waals surface area contributed by atoms with Crippen molar-refractivity contribution < 1.29 is 19.1 Å². The van der Waals surface area contributed by atoms with Gasteiger partial charge in [-0.15, -0.1) is 0 Å². The summed E-state index contributed by atoms with van der Waals surface area (Å²) >= 11 is 14.3. The van der Waals surface area contributed by atoms with Crippen molar-refractivity contribution in [3.63, 3.8) is 0 Å². The second kappa shape index (κ2) is 13.3. The van der Waals surface area contributed by atoms with Gasteiger partial charge in [0.05, 0.1) is 34.5 Å². The molecule has 14 heteroatoms. The first-order chi connectivity index (χ1) is 24.4. The van der Waals surface area contributed by atoms with Crippen LogP contribution in [0.3, 0.4) is 0 Å². The summed E-state index contributed by atoms with van der Waals surface area (Å²) in [5.74, 6) is 0.935. The molecule has 0 N–H and O–H groups in total. The van der Waals surface area contributed by atoms with Gasteiger partial charge in [0.2, 0.25) is 0 Å². The Morgan fingerprint density at radius 2 is 1.02 bits per heavy atom. The van der Waals surface area contributed by atoms with Crippen LogP contribution in [0.1, 0.15) is 0 Å². The highest BCUT2D eigenvalue weighted by Gasteiger charge is 2.28. The summed E-state index contributed by atoms with van der Waals surface area (Å²) in [7, 11) is 0. The number of hydrogen-bond donors (Lipinski definition) is 0. The van der Waals surface area contributed by atoms with E-state index < -0.39 is 0 Å². The molecule has 0 unspecified atom stereocenters. The number of aromatic nitrogens is 6. The Balaban J connectivity index is 1.07. The fraction of sp³-hybridized carbons (Fsp3) is 0.167. The third-order valence-electron chi connectivity index (χ3n) is 8.75. The predicted octanol–water partition coefficient (Wildman–Crippen LogP) is 6.03. The summed E-state index contributed by atoms with van der Waals surface area (Å²) in [6, 6.07) is 23.0. The minimum absolute atomic E-state index is 0.0605. The summed E-state index contributed by atoms with van der Waals surface area (Å²) in [4.78, 5) is 36.8. The van der Waals surface area contributed by atoms with Gasteiger partial charge < -0.3 is 19.3 Å².